The van der Waals surface area contributed by atoms with E-state index in [4.69, 9.17) is 5.11 Å². The molecule has 0 saturated heterocycles. The number of hydrogen-bond donors (Lipinski definition) is 2. The topological polar surface area (TPSA) is 45.1 Å². The predicted molar refractivity (Wildman–Crippen MR) is 81.3 cm³/mol. The minimum Gasteiger partial charge on any atom is -0.396 e. The van der Waals surface area contributed by atoms with E-state index in [9.17, 15) is 0 Å². The first-order valence-electron chi connectivity index (χ1n) is 7.14. The monoisotopic (exact) mass is 270 g/mol. The van der Waals surface area contributed by atoms with Crippen molar-refractivity contribution in [1.82, 2.24) is 10.3 Å². The fourth-order valence-corrected chi connectivity index (χ4v) is 2.35. The lowest BCUT2D eigenvalue weighted by Gasteiger charge is -2.23. The number of nitrogens with one attached hydrogen (secondary N) is 1. The van der Waals surface area contributed by atoms with Gasteiger partial charge >= 0.3 is 0 Å². The molecule has 0 saturated carbocycles. The van der Waals surface area contributed by atoms with Crippen LogP contribution in [0.3, 0.4) is 0 Å². The Morgan fingerprint density at radius 3 is 2.50 bits per heavy atom. The maximum absolute atomic E-state index is 9.07. The molecule has 0 aliphatic carbocycles. The lowest BCUT2D eigenvalue weighted by atomic mass is 10.0. The van der Waals surface area contributed by atoms with E-state index in [2.05, 4.69) is 29.4 Å². The zero-order valence-electron chi connectivity index (χ0n) is 11.9. The first-order valence-corrected chi connectivity index (χ1v) is 7.14. The molecule has 0 aliphatic heterocycles. The van der Waals surface area contributed by atoms with E-state index in [-0.39, 0.29) is 18.7 Å². The summed E-state index contributed by atoms with van der Waals surface area (Å²) in [5.74, 6) is 0. The normalized spacial score (nSPS) is 13.9. The van der Waals surface area contributed by atoms with Gasteiger partial charge in [-0.2, -0.15) is 0 Å². The van der Waals surface area contributed by atoms with Gasteiger partial charge in [0.1, 0.15) is 0 Å². The molecule has 0 aliphatic rings. The molecule has 2 unspecified atom stereocenters. The summed E-state index contributed by atoms with van der Waals surface area (Å²) in [7, 11) is 0. The minimum atomic E-state index is 0.181. The quantitative estimate of drug-likeness (QED) is 0.812. The SMILES string of the molecule is CC(NC(CCCO)c1ccccc1)c1ccccn1. The maximum Gasteiger partial charge on any atom is 0.0570 e. The third kappa shape index (κ3) is 4.15. The number of aliphatic hydroxyl groups is 1. The Kier molecular flexibility index (Phi) is 5.71. The van der Waals surface area contributed by atoms with Crippen LogP contribution in [-0.2, 0) is 0 Å². The number of hydrogen-bond acceptors (Lipinski definition) is 3. The largest absolute Gasteiger partial charge is 0.396 e. The summed E-state index contributed by atoms with van der Waals surface area (Å²) in [6, 6.07) is 16.8. The molecular formula is C17H22N2O. The molecule has 3 heteroatoms. The van der Waals surface area contributed by atoms with Crippen LogP contribution in [0.2, 0.25) is 0 Å². The van der Waals surface area contributed by atoms with Crippen LogP contribution in [0.1, 0.15) is 43.1 Å². The van der Waals surface area contributed by atoms with Gasteiger partial charge < -0.3 is 10.4 Å². The number of nitrogens with zero attached hydrogens (tertiary/aromatic N) is 1. The molecule has 1 aromatic heterocycles. The van der Waals surface area contributed by atoms with E-state index in [1.807, 2.05) is 42.6 Å². The molecule has 1 heterocycles. The summed E-state index contributed by atoms with van der Waals surface area (Å²) in [6.07, 6.45) is 3.53. The molecule has 0 amide bonds. The molecule has 2 atom stereocenters. The molecule has 0 radical (unpaired) electrons. The Hall–Kier alpha value is -1.71. The first kappa shape index (κ1) is 14.7. The molecule has 2 rings (SSSR count). The van der Waals surface area contributed by atoms with Crippen molar-refractivity contribution in [3.8, 4) is 0 Å². The van der Waals surface area contributed by atoms with E-state index in [0.29, 0.717) is 0 Å². The fourth-order valence-electron chi connectivity index (χ4n) is 2.35. The Morgan fingerprint density at radius 2 is 1.85 bits per heavy atom. The van der Waals surface area contributed by atoms with Crippen LogP contribution in [0, 0.1) is 0 Å². The molecule has 2 N–H and O–H groups in total. The third-order valence-corrected chi connectivity index (χ3v) is 3.44. The van der Waals surface area contributed by atoms with Crippen molar-refractivity contribution >= 4 is 0 Å². The lowest BCUT2D eigenvalue weighted by molar-refractivity contribution is 0.272. The van der Waals surface area contributed by atoms with Gasteiger partial charge in [0, 0.05) is 24.9 Å². The maximum atomic E-state index is 9.07. The summed E-state index contributed by atoms with van der Waals surface area (Å²) in [6.45, 7) is 2.35. The number of benzene rings is 1. The molecule has 2 aromatic rings. The summed E-state index contributed by atoms with van der Waals surface area (Å²) in [4.78, 5) is 4.39. The number of aromatic nitrogens is 1. The number of aliphatic hydroxyl groups excluding tert-OH is 1. The highest BCUT2D eigenvalue weighted by Crippen LogP contribution is 2.22. The van der Waals surface area contributed by atoms with Gasteiger partial charge in [-0.05, 0) is 37.5 Å². The van der Waals surface area contributed by atoms with E-state index in [1.165, 1.54) is 5.56 Å². The second kappa shape index (κ2) is 7.78. The summed E-state index contributed by atoms with van der Waals surface area (Å²) in [5.41, 5.74) is 2.29. The van der Waals surface area contributed by atoms with Gasteiger partial charge in [-0.3, -0.25) is 4.98 Å². The highest BCUT2D eigenvalue weighted by molar-refractivity contribution is 5.19. The van der Waals surface area contributed by atoms with Gasteiger partial charge in [0.25, 0.3) is 0 Å². The smallest absolute Gasteiger partial charge is 0.0570 e. The average molecular weight is 270 g/mol. The molecule has 3 nitrogen and oxygen atoms in total. The van der Waals surface area contributed by atoms with Gasteiger partial charge in [0.2, 0.25) is 0 Å². The lowest BCUT2D eigenvalue weighted by Crippen LogP contribution is -2.25. The molecule has 106 valence electrons. The van der Waals surface area contributed by atoms with Crippen LogP contribution in [0.5, 0.6) is 0 Å². The van der Waals surface area contributed by atoms with Crippen LogP contribution in [-0.4, -0.2) is 16.7 Å². The van der Waals surface area contributed by atoms with E-state index in [0.717, 1.165) is 18.5 Å². The van der Waals surface area contributed by atoms with Crippen LogP contribution >= 0.6 is 0 Å². The predicted octanol–water partition coefficient (Wildman–Crippen LogP) is 3.25. The second-order valence-corrected chi connectivity index (χ2v) is 4.97. The van der Waals surface area contributed by atoms with Crippen LogP contribution in [0.15, 0.2) is 54.7 Å². The average Bonchev–Trinajstić information content (AvgIpc) is 2.53. The summed E-state index contributed by atoms with van der Waals surface area (Å²) in [5, 5.41) is 12.7. The van der Waals surface area contributed by atoms with Crippen molar-refractivity contribution in [3.05, 3.63) is 66.0 Å². The Bertz CT molecular complexity index is 487. The van der Waals surface area contributed by atoms with Crippen molar-refractivity contribution in [2.45, 2.75) is 31.8 Å². The molecule has 0 fully saturated rings. The van der Waals surface area contributed by atoms with Crippen molar-refractivity contribution in [3.63, 3.8) is 0 Å². The van der Waals surface area contributed by atoms with Crippen molar-refractivity contribution < 1.29 is 5.11 Å². The highest BCUT2D eigenvalue weighted by atomic mass is 16.2. The molecule has 0 bridgehead atoms. The number of rotatable bonds is 7. The van der Waals surface area contributed by atoms with Gasteiger partial charge in [-0.25, -0.2) is 0 Å². The molecular weight excluding hydrogens is 248 g/mol. The highest BCUT2D eigenvalue weighted by Gasteiger charge is 2.15. The van der Waals surface area contributed by atoms with E-state index < -0.39 is 0 Å². The summed E-state index contributed by atoms with van der Waals surface area (Å²) >= 11 is 0. The Morgan fingerprint density at radius 1 is 1.10 bits per heavy atom. The van der Waals surface area contributed by atoms with Crippen molar-refractivity contribution in [1.29, 1.82) is 0 Å². The van der Waals surface area contributed by atoms with Gasteiger partial charge in [0.15, 0.2) is 0 Å². The Balaban J connectivity index is 2.08. The van der Waals surface area contributed by atoms with Crippen molar-refractivity contribution in [2.24, 2.45) is 0 Å². The number of pyridine rings is 1. The molecule has 0 spiro atoms. The summed E-state index contributed by atoms with van der Waals surface area (Å²) < 4.78 is 0. The van der Waals surface area contributed by atoms with E-state index in [1.54, 1.807) is 0 Å². The Labute approximate surface area is 120 Å². The second-order valence-electron chi connectivity index (χ2n) is 4.97. The van der Waals surface area contributed by atoms with Gasteiger partial charge in [-0.15, -0.1) is 0 Å². The minimum absolute atomic E-state index is 0.181. The molecule has 20 heavy (non-hydrogen) atoms. The van der Waals surface area contributed by atoms with E-state index >= 15 is 0 Å². The third-order valence-electron chi connectivity index (χ3n) is 3.44. The molecule has 1 aromatic carbocycles. The van der Waals surface area contributed by atoms with Crippen LogP contribution in [0.25, 0.3) is 0 Å². The fraction of sp³-hybridized carbons (Fsp3) is 0.353. The zero-order chi connectivity index (χ0) is 14.2. The van der Waals surface area contributed by atoms with Crippen LogP contribution < -0.4 is 5.32 Å². The van der Waals surface area contributed by atoms with Gasteiger partial charge in [-0.1, -0.05) is 36.4 Å². The van der Waals surface area contributed by atoms with Crippen LogP contribution in [0.4, 0.5) is 0 Å². The first-order chi connectivity index (χ1) is 9.81. The van der Waals surface area contributed by atoms with Gasteiger partial charge in [0.05, 0.1) is 5.69 Å². The standard InChI is InChI=1S/C17H22N2O/c1-14(16-10-5-6-12-18-16)19-17(11-7-13-20)15-8-3-2-4-9-15/h2-6,8-10,12,14,17,19-20H,7,11,13H2,1H3. The van der Waals surface area contributed by atoms with Crippen molar-refractivity contribution in [2.75, 3.05) is 6.61 Å². The zero-order valence-corrected chi connectivity index (χ0v) is 11.9.